The van der Waals surface area contributed by atoms with Gasteiger partial charge in [-0.2, -0.15) is 0 Å². The van der Waals surface area contributed by atoms with E-state index in [0.29, 0.717) is 19.3 Å². The van der Waals surface area contributed by atoms with Gasteiger partial charge in [-0.05, 0) is 38.0 Å². The number of hydrogen-bond donors (Lipinski definition) is 2. The molecular weight excluding hydrogens is 228 g/mol. The van der Waals surface area contributed by atoms with E-state index in [1.54, 1.807) is 0 Å². The number of ether oxygens (including phenoxy) is 2. The number of fused-ring (bicyclic) bond motifs is 1. The highest BCUT2D eigenvalue weighted by molar-refractivity contribution is 5.44. The Kier molecular flexibility index (Phi) is 4.44. The molecular formula is C14H22N2O2. The van der Waals surface area contributed by atoms with E-state index in [1.165, 1.54) is 5.56 Å². The summed E-state index contributed by atoms with van der Waals surface area (Å²) in [6, 6.07) is 6.74. The molecule has 2 rings (SSSR count). The van der Waals surface area contributed by atoms with Gasteiger partial charge in [0.1, 0.15) is 13.2 Å². The Morgan fingerprint density at radius 1 is 1.22 bits per heavy atom. The van der Waals surface area contributed by atoms with Crippen LogP contribution in [0.1, 0.15) is 19.4 Å². The maximum absolute atomic E-state index is 5.73. The summed E-state index contributed by atoms with van der Waals surface area (Å²) in [5, 5.41) is 3.41. The van der Waals surface area contributed by atoms with Gasteiger partial charge in [0, 0.05) is 18.6 Å². The summed E-state index contributed by atoms with van der Waals surface area (Å²) in [4.78, 5) is 0. The predicted octanol–water partition coefficient (Wildman–Crippen LogP) is 1.33. The van der Waals surface area contributed by atoms with Crippen molar-refractivity contribution in [3.8, 4) is 11.5 Å². The summed E-state index contributed by atoms with van der Waals surface area (Å²) < 4.78 is 11.1. The van der Waals surface area contributed by atoms with E-state index in [4.69, 9.17) is 15.2 Å². The standard InChI is InChI=1S/C14H22N2O2/c1-10(15)9-16-11(2)7-12-3-4-13-14(8-12)18-6-5-17-13/h3-4,8,10-11,16H,5-7,9,15H2,1-2H3. The van der Waals surface area contributed by atoms with Gasteiger partial charge in [-0.1, -0.05) is 6.07 Å². The minimum Gasteiger partial charge on any atom is -0.486 e. The zero-order valence-electron chi connectivity index (χ0n) is 11.1. The summed E-state index contributed by atoms with van der Waals surface area (Å²) in [6.45, 7) is 6.28. The maximum Gasteiger partial charge on any atom is 0.161 e. The van der Waals surface area contributed by atoms with E-state index in [9.17, 15) is 0 Å². The number of nitrogens with one attached hydrogen (secondary N) is 1. The van der Waals surface area contributed by atoms with Crippen LogP contribution in [0, 0.1) is 0 Å². The molecule has 2 unspecified atom stereocenters. The first-order valence-corrected chi connectivity index (χ1v) is 6.52. The van der Waals surface area contributed by atoms with Crippen LogP contribution in [0.15, 0.2) is 18.2 Å². The lowest BCUT2D eigenvalue weighted by atomic mass is 10.1. The molecule has 1 aromatic carbocycles. The Morgan fingerprint density at radius 3 is 2.67 bits per heavy atom. The minimum absolute atomic E-state index is 0.188. The normalized spacial score (nSPS) is 17.3. The van der Waals surface area contributed by atoms with Gasteiger partial charge in [-0.3, -0.25) is 0 Å². The van der Waals surface area contributed by atoms with E-state index in [0.717, 1.165) is 24.5 Å². The molecule has 1 aliphatic heterocycles. The number of rotatable bonds is 5. The molecule has 0 aliphatic carbocycles. The Balaban J connectivity index is 1.93. The molecule has 18 heavy (non-hydrogen) atoms. The molecule has 1 aromatic rings. The second-order valence-corrected chi connectivity index (χ2v) is 4.97. The molecule has 0 saturated carbocycles. The van der Waals surface area contributed by atoms with Crippen LogP contribution in [-0.2, 0) is 6.42 Å². The maximum atomic E-state index is 5.73. The second kappa shape index (κ2) is 6.07. The smallest absolute Gasteiger partial charge is 0.161 e. The molecule has 1 heterocycles. The lowest BCUT2D eigenvalue weighted by Crippen LogP contribution is -2.37. The van der Waals surface area contributed by atoms with E-state index in [1.807, 2.05) is 13.0 Å². The monoisotopic (exact) mass is 250 g/mol. The summed E-state index contributed by atoms with van der Waals surface area (Å²) in [7, 11) is 0. The van der Waals surface area contributed by atoms with Crippen LogP contribution in [0.3, 0.4) is 0 Å². The lowest BCUT2D eigenvalue weighted by molar-refractivity contribution is 0.171. The van der Waals surface area contributed by atoms with Crippen molar-refractivity contribution >= 4 is 0 Å². The number of hydrogen-bond acceptors (Lipinski definition) is 4. The van der Waals surface area contributed by atoms with Gasteiger partial charge in [0.05, 0.1) is 0 Å². The fraction of sp³-hybridized carbons (Fsp3) is 0.571. The molecule has 0 bridgehead atoms. The average Bonchev–Trinajstić information content (AvgIpc) is 2.36. The number of nitrogens with two attached hydrogens (primary N) is 1. The molecule has 100 valence electrons. The van der Waals surface area contributed by atoms with E-state index in [-0.39, 0.29) is 6.04 Å². The third kappa shape index (κ3) is 3.62. The van der Waals surface area contributed by atoms with Crippen LogP contribution >= 0.6 is 0 Å². The van der Waals surface area contributed by atoms with Gasteiger partial charge < -0.3 is 20.5 Å². The topological polar surface area (TPSA) is 56.5 Å². The lowest BCUT2D eigenvalue weighted by Gasteiger charge is -2.20. The molecule has 0 amide bonds. The summed E-state index contributed by atoms with van der Waals surface area (Å²) in [5.74, 6) is 1.71. The molecule has 4 nitrogen and oxygen atoms in total. The van der Waals surface area contributed by atoms with Crippen molar-refractivity contribution in [2.45, 2.75) is 32.4 Å². The van der Waals surface area contributed by atoms with Crippen molar-refractivity contribution in [3.63, 3.8) is 0 Å². The van der Waals surface area contributed by atoms with Crippen LogP contribution in [-0.4, -0.2) is 31.8 Å². The first-order valence-electron chi connectivity index (χ1n) is 6.52. The highest BCUT2D eigenvalue weighted by Gasteiger charge is 2.12. The van der Waals surface area contributed by atoms with Crippen LogP contribution in [0.25, 0.3) is 0 Å². The fourth-order valence-corrected chi connectivity index (χ4v) is 2.03. The van der Waals surface area contributed by atoms with Crippen molar-refractivity contribution < 1.29 is 9.47 Å². The first-order chi connectivity index (χ1) is 8.65. The molecule has 4 heteroatoms. The van der Waals surface area contributed by atoms with Gasteiger partial charge in [-0.25, -0.2) is 0 Å². The van der Waals surface area contributed by atoms with Gasteiger partial charge in [-0.15, -0.1) is 0 Å². The Hall–Kier alpha value is -1.26. The summed E-state index contributed by atoms with van der Waals surface area (Å²) in [6.07, 6.45) is 0.962. The third-order valence-electron chi connectivity index (χ3n) is 2.94. The quantitative estimate of drug-likeness (QED) is 0.827. The van der Waals surface area contributed by atoms with Gasteiger partial charge in [0.15, 0.2) is 11.5 Å². The molecule has 2 atom stereocenters. The van der Waals surface area contributed by atoms with Gasteiger partial charge >= 0.3 is 0 Å². The molecule has 0 spiro atoms. The van der Waals surface area contributed by atoms with Crippen LogP contribution < -0.4 is 20.5 Å². The largest absolute Gasteiger partial charge is 0.486 e. The molecule has 0 saturated heterocycles. The summed E-state index contributed by atoms with van der Waals surface area (Å²) >= 11 is 0. The second-order valence-electron chi connectivity index (χ2n) is 4.97. The molecule has 0 aromatic heterocycles. The van der Waals surface area contributed by atoms with Crippen LogP contribution in [0.5, 0.6) is 11.5 Å². The zero-order chi connectivity index (χ0) is 13.0. The van der Waals surface area contributed by atoms with Crippen molar-refractivity contribution in [1.82, 2.24) is 5.32 Å². The van der Waals surface area contributed by atoms with Crippen LogP contribution in [0.4, 0.5) is 0 Å². The Morgan fingerprint density at radius 2 is 1.94 bits per heavy atom. The van der Waals surface area contributed by atoms with Crippen molar-refractivity contribution in [3.05, 3.63) is 23.8 Å². The zero-order valence-corrected chi connectivity index (χ0v) is 11.1. The fourth-order valence-electron chi connectivity index (χ4n) is 2.03. The Bertz CT molecular complexity index is 393. The van der Waals surface area contributed by atoms with Crippen molar-refractivity contribution in [2.24, 2.45) is 5.73 Å². The Labute approximate surface area is 108 Å². The van der Waals surface area contributed by atoms with Crippen molar-refractivity contribution in [1.29, 1.82) is 0 Å². The highest BCUT2D eigenvalue weighted by Crippen LogP contribution is 2.30. The van der Waals surface area contributed by atoms with Gasteiger partial charge in [0.25, 0.3) is 0 Å². The molecule has 1 aliphatic rings. The van der Waals surface area contributed by atoms with Gasteiger partial charge in [0.2, 0.25) is 0 Å². The predicted molar refractivity (Wildman–Crippen MR) is 72.3 cm³/mol. The van der Waals surface area contributed by atoms with E-state index in [2.05, 4.69) is 24.4 Å². The number of benzene rings is 1. The first kappa shape index (κ1) is 13.2. The van der Waals surface area contributed by atoms with E-state index < -0.39 is 0 Å². The van der Waals surface area contributed by atoms with E-state index >= 15 is 0 Å². The average molecular weight is 250 g/mol. The highest BCUT2D eigenvalue weighted by atomic mass is 16.6. The third-order valence-corrected chi connectivity index (χ3v) is 2.94. The SMILES string of the molecule is CC(N)CNC(C)Cc1ccc2c(c1)OCCO2. The molecule has 3 N–H and O–H groups in total. The van der Waals surface area contributed by atoms with Crippen molar-refractivity contribution in [2.75, 3.05) is 19.8 Å². The molecule has 0 fully saturated rings. The summed E-state index contributed by atoms with van der Waals surface area (Å²) in [5.41, 5.74) is 6.98. The minimum atomic E-state index is 0.188. The van der Waals surface area contributed by atoms with Crippen LogP contribution in [0.2, 0.25) is 0 Å². The molecule has 0 radical (unpaired) electrons.